The maximum atomic E-state index is 12.8. The molecule has 162 valence electrons. The van der Waals surface area contributed by atoms with Gasteiger partial charge in [0.1, 0.15) is 5.82 Å². The van der Waals surface area contributed by atoms with E-state index in [4.69, 9.17) is 4.74 Å². The quantitative estimate of drug-likeness (QED) is 0.399. The minimum atomic E-state index is -4.41. The molecule has 0 aliphatic rings. The Balaban J connectivity index is 1.53. The van der Waals surface area contributed by atoms with E-state index < -0.39 is 11.7 Å². The number of rotatable bonds is 8. The zero-order chi connectivity index (χ0) is 22.4. The van der Waals surface area contributed by atoms with Crippen LogP contribution in [0.15, 0.2) is 48.7 Å². The minimum Gasteiger partial charge on any atom is -0.478 e. The molecule has 0 unspecified atom stereocenters. The lowest BCUT2D eigenvalue weighted by atomic mass is 10.1. The Morgan fingerprint density at radius 2 is 1.90 bits per heavy atom. The Hall–Kier alpha value is -3.49. The minimum absolute atomic E-state index is 0.121. The SMILES string of the molecule is CCC(=O)Nc1cc(C(=O)CCCOc2ccc3cc(C(F)(F)F)ccc3n2)ccn1. The number of ketones is 1. The molecule has 2 aromatic heterocycles. The summed E-state index contributed by atoms with van der Waals surface area (Å²) in [6.45, 7) is 1.93. The highest BCUT2D eigenvalue weighted by Gasteiger charge is 2.30. The second-order valence-electron chi connectivity index (χ2n) is 6.76. The van der Waals surface area contributed by atoms with E-state index in [2.05, 4.69) is 15.3 Å². The number of nitrogens with zero attached hydrogens (tertiary/aromatic N) is 2. The van der Waals surface area contributed by atoms with E-state index in [1.165, 1.54) is 30.5 Å². The van der Waals surface area contributed by atoms with Crippen LogP contribution < -0.4 is 10.1 Å². The smallest absolute Gasteiger partial charge is 0.416 e. The maximum absolute atomic E-state index is 12.8. The van der Waals surface area contributed by atoms with Gasteiger partial charge in [-0.1, -0.05) is 6.92 Å². The topological polar surface area (TPSA) is 81.2 Å². The average molecular weight is 431 g/mol. The fourth-order valence-corrected chi connectivity index (χ4v) is 2.82. The van der Waals surface area contributed by atoms with Crippen molar-refractivity contribution in [3.8, 4) is 5.88 Å². The van der Waals surface area contributed by atoms with Crippen molar-refractivity contribution >= 4 is 28.4 Å². The van der Waals surface area contributed by atoms with E-state index in [9.17, 15) is 22.8 Å². The van der Waals surface area contributed by atoms with Gasteiger partial charge in [0, 0.05) is 36.1 Å². The van der Waals surface area contributed by atoms with Crippen molar-refractivity contribution in [1.29, 1.82) is 0 Å². The Bertz CT molecular complexity index is 1100. The van der Waals surface area contributed by atoms with E-state index in [1.54, 1.807) is 13.0 Å². The molecule has 0 bridgehead atoms. The van der Waals surface area contributed by atoms with Gasteiger partial charge >= 0.3 is 6.18 Å². The van der Waals surface area contributed by atoms with Gasteiger partial charge < -0.3 is 10.1 Å². The van der Waals surface area contributed by atoms with Gasteiger partial charge in [-0.05, 0) is 42.8 Å². The molecule has 6 nitrogen and oxygen atoms in total. The number of anilines is 1. The summed E-state index contributed by atoms with van der Waals surface area (Å²) in [5, 5.41) is 2.97. The lowest BCUT2D eigenvalue weighted by Crippen LogP contribution is -2.11. The molecule has 3 rings (SSSR count). The van der Waals surface area contributed by atoms with Gasteiger partial charge in [0.2, 0.25) is 11.8 Å². The summed E-state index contributed by atoms with van der Waals surface area (Å²) in [6, 6.07) is 9.42. The van der Waals surface area contributed by atoms with Crippen molar-refractivity contribution < 1.29 is 27.5 Å². The normalized spacial score (nSPS) is 11.4. The van der Waals surface area contributed by atoms with Crippen molar-refractivity contribution in [2.24, 2.45) is 0 Å². The summed E-state index contributed by atoms with van der Waals surface area (Å²) in [7, 11) is 0. The molecule has 0 fully saturated rings. The highest BCUT2D eigenvalue weighted by molar-refractivity contribution is 5.97. The molecule has 0 aliphatic carbocycles. The number of hydrogen-bond donors (Lipinski definition) is 1. The fourth-order valence-electron chi connectivity index (χ4n) is 2.82. The van der Waals surface area contributed by atoms with Gasteiger partial charge in [0.05, 0.1) is 17.7 Å². The number of hydrogen-bond acceptors (Lipinski definition) is 5. The van der Waals surface area contributed by atoms with E-state index >= 15 is 0 Å². The molecule has 0 spiro atoms. The summed E-state index contributed by atoms with van der Waals surface area (Å²) < 4.78 is 43.9. The number of aromatic nitrogens is 2. The summed E-state index contributed by atoms with van der Waals surface area (Å²) in [5.41, 5.74) is 0.0910. The molecule has 3 aromatic rings. The Kier molecular flexibility index (Phi) is 6.84. The van der Waals surface area contributed by atoms with Crippen molar-refractivity contribution in [2.45, 2.75) is 32.4 Å². The van der Waals surface area contributed by atoms with E-state index in [1.807, 2.05) is 0 Å². The van der Waals surface area contributed by atoms with E-state index in [0.29, 0.717) is 35.1 Å². The predicted molar refractivity (Wildman–Crippen MR) is 109 cm³/mol. The lowest BCUT2D eigenvalue weighted by Gasteiger charge is -2.09. The van der Waals surface area contributed by atoms with Crippen LogP contribution in [-0.4, -0.2) is 28.3 Å². The Morgan fingerprint density at radius 3 is 2.65 bits per heavy atom. The number of carbonyl (C=O) groups excluding carboxylic acids is 2. The first kappa shape index (κ1) is 22.2. The molecule has 1 aromatic carbocycles. The number of carbonyl (C=O) groups is 2. The third-order valence-electron chi connectivity index (χ3n) is 4.46. The van der Waals surface area contributed by atoms with Crippen LogP contribution in [0.5, 0.6) is 5.88 Å². The molecule has 31 heavy (non-hydrogen) atoms. The third kappa shape index (κ3) is 6.00. The van der Waals surface area contributed by atoms with Crippen LogP contribution in [0.2, 0.25) is 0 Å². The number of pyridine rings is 2. The average Bonchev–Trinajstić information content (AvgIpc) is 2.75. The highest BCUT2D eigenvalue weighted by atomic mass is 19.4. The van der Waals surface area contributed by atoms with Gasteiger partial charge in [0.25, 0.3) is 0 Å². The fraction of sp³-hybridized carbons (Fsp3) is 0.273. The van der Waals surface area contributed by atoms with Crippen LogP contribution >= 0.6 is 0 Å². The zero-order valence-corrected chi connectivity index (χ0v) is 16.7. The van der Waals surface area contributed by atoms with Gasteiger partial charge in [-0.15, -0.1) is 0 Å². The Labute approximate surface area is 176 Å². The number of halogens is 3. The number of alkyl halides is 3. The molecule has 1 amide bonds. The van der Waals surface area contributed by atoms with Crippen LogP contribution in [-0.2, 0) is 11.0 Å². The number of nitrogens with one attached hydrogen (secondary N) is 1. The van der Waals surface area contributed by atoms with Crippen LogP contribution in [0, 0.1) is 0 Å². The lowest BCUT2D eigenvalue weighted by molar-refractivity contribution is -0.137. The molecule has 9 heteroatoms. The van der Waals surface area contributed by atoms with Crippen LogP contribution in [0.4, 0.5) is 19.0 Å². The standard InChI is InChI=1S/C22H20F3N3O3/c1-2-20(30)28-19-13-15(9-10-26-19)18(29)4-3-11-31-21-8-5-14-12-16(22(23,24)25)6-7-17(14)27-21/h5-10,12-13H,2-4,11H2,1H3,(H,26,28,30). The second-order valence-corrected chi connectivity index (χ2v) is 6.76. The summed E-state index contributed by atoms with van der Waals surface area (Å²) >= 11 is 0. The molecule has 0 saturated heterocycles. The van der Waals surface area contributed by atoms with E-state index in [0.717, 1.165) is 12.1 Å². The van der Waals surface area contributed by atoms with Crippen LogP contribution in [0.25, 0.3) is 10.9 Å². The van der Waals surface area contributed by atoms with Gasteiger partial charge in [-0.3, -0.25) is 9.59 Å². The monoisotopic (exact) mass is 431 g/mol. The molecular formula is C22H20F3N3O3. The van der Waals surface area contributed by atoms with Crippen LogP contribution in [0.3, 0.4) is 0 Å². The number of ether oxygens (including phenoxy) is 1. The molecule has 2 heterocycles. The second kappa shape index (κ2) is 9.55. The Morgan fingerprint density at radius 1 is 1.10 bits per heavy atom. The van der Waals surface area contributed by atoms with Crippen molar-refractivity contribution in [1.82, 2.24) is 9.97 Å². The molecule has 0 saturated carbocycles. The van der Waals surface area contributed by atoms with E-state index in [-0.39, 0.29) is 30.6 Å². The molecule has 1 N–H and O–H groups in total. The predicted octanol–water partition coefficient (Wildman–Crippen LogP) is 5.04. The number of fused-ring (bicyclic) bond motifs is 1. The highest BCUT2D eigenvalue weighted by Crippen LogP contribution is 2.31. The first-order valence-electron chi connectivity index (χ1n) is 9.66. The number of Topliss-reactive ketones (excluding diaryl/α,β-unsaturated/α-hetero) is 1. The van der Waals surface area contributed by atoms with Gasteiger partial charge in [-0.25, -0.2) is 9.97 Å². The van der Waals surface area contributed by atoms with Crippen molar-refractivity contribution in [3.05, 3.63) is 59.8 Å². The number of benzene rings is 1. The zero-order valence-electron chi connectivity index (χ0n) is 16.7. The molecular weight excluding hydrogens is 411 g/mol. The summed E-state index contributed by atoms with van der Waals surface area (Å²) in [6.07, 6.45) is -2.01. The molecule has 0 radical (unpaired) electrons. The molecule has 0 atom stereocenters. The maximum Gasteiger partial charge on any atom is 0.416 e. The van der Waals surface area contributed by atoms with Gasteiger partial charge in [-0.2, -0.15) is 13.2 Å². The molecule has 0 aliphatic heterocycles. The number of amides is 1. The van der Waals surface area contributed by atoms with Crippen LogP contribution in [0.1, 0.15) is 42.1 Å². The first-order chi connectivity index (χ1) is 14.8. The van der Waals surface area contributed by atoms with Crippen molar-refractivity contribution in [2.75, 3.05) is 11.9 Å². The summed E-state index contributed by atoms with van der Waals surface area (Å²) in [4.78, 5) is 32.0. The third-order valence-corrected chi connectivity index (χ3v) is 4.46. The summed E-state index contributed by atoms with van der Waals surface area (Å²) in [5.74, 6) is 0.281. The van der Waals surface area contributed by atoms with Crippen molar-refractivity contribution in [3.63, 3.8) is 0 Å². The van der Waals surface area contributed by atoms with Gasteiger partial charge in [0.15, 0.2) is 5.78 Å². The largest absolute Gasteiger partial charge is 0.478 e. The first-order valence-corrected chi connectivity index (χ1v) is 9.66.